The Morgan fingerprint density at radius 3 is 2.94 bits per heavy atom. The first-order valence-electron chi connectivity index (χ1n) is 5.77. The van der Waals surface area contributed by atoms with E-state index in [0.717, 1.165) is 11.3 Å². The maximum absolute atomic E-state index is 11.8. The van der Waals surface area contributed by atoms with Crippen molar-refractivity contribution in [3.63, 3.8) is 0 Å². The summed E-state index contributed by atoms with van der Waals surface area (Å²) in [5.74, 6) is 0.315. The van der Waals surface area contributed by atoms with Crippen LogP contribution in [-0.4, -0.2) is 18.4 Å². The number of benzene rings is 1. The lowest BCUT2D eigenvalue weighted by atomic mass is 10.1. The van der Waals surface area contributed by atoms with Crippen LogP contribution in [0.3, 0.4) is 0 Å². The number of anilines is 1. The van der Waals surface area contributed by atoms with Gasteiger partial charge in [0.25, 0.3) is 5.91 Å². The SMILES string of the molecule is CC(C)CNC(=O)c1ccc2c(c1)NC(=O)C2. The van der Waals surface area contributed by atoms with Crippen LogP contribution in [0, 0.1) is 5.92 Å². The number of carbonyl (C=O) groups excluding carboxylic acids is 2. The summed E-state index contributed by atoms with van der Waals surface area (Å²) in [4.78, 5) is 23.0. The molecule has 90 valence electrons. The quantitative estimate of drug-likeness (QED) is 0.831. The van der Waals surface area contributed by atoms with Gasteiger partial charge < -0.3 is 10.6 Å². The first kappa shape index (κ1) is 11.6. The molecule has 0 aromatic heterocycles. The average Bonchev–Trinajstić information content (AvgIpc) is 2.64. The molecule has 2 rings (SSSR count). The van der Waals surface area contributed by atoms with Crippen molar-refractivity contribution in [2.45, 2.75) is 20.3 Å². The number of carbonyl (C=O) groups is 2. The Bertz CT molecular complexity index is 466. The van der Waals surface area contributed by atoms with Crippen molar-refractivity contribution in [1.82, 2.24) is 5.32 Å². The largest absolute Gasteiger partial charge is 0.352 e. The van der Waals surface area contributed by atoms with Crippen molar-refractivity contribution in [3.8, 4) is 0 Å². The summed E-state index contributed by atoms with van der Waals surface area (Å²) in [6.07, 6.45) is 0.406. The molecule has 1 aromatic carbocycles. The van der Waals surface area contributed by atoms with E-state index in [1.54, 1.807) is 12.1 Å². The molecule has 0 radical (unpaired) electrons. The van der Waals surface area contributed by atoms with E-state index < -0.39 is 0 Å². The molecule has 0 saturated carbocycles. The lowest BCUT2D eigenvalue weighted by Crippen LogP contribution is -2.27. The molecule has 17 heavy (non-hydrogen) atoms. The highest BCUT2D eigenvalue weighted by molar-refractivity contribution is 6.02. The van der Waals surface area contributed by atoms with E-state index in [4.69, 9.17) is 0 Å². The molecule has 1 aromatic rings. The van der Waals surface area contributed by atoms with E-state index in [-0.39, 0.29) is 11.8 Å². The number of hydrogen-bond acceptors (Lipinski definition) is 2. The topological polar surface area (TPSA) is 58.2 Å². The van der Waals surface area contributed by atoms with Crippen LogP contribution in [0.2, 0.25) is 0 Å². The maximum Gasteiger partial charge on any atom is 0.251 e. The summed E-state index contributed by atoms with van der Waals surface area (Å²) in [5.41, 5.74) is 2.30. The molecule has 0 saturated heterocycles. The Morgan fingerprint density at radius 2 is 2.24 bits per heavy atom. The van der Waals surface area contributed by atoms with Crippen LogP contribution in [0.4, 0.5) is 5.69 Å². The van der Waals surface area contributed by atoms with Crippen molar-refractivity contribution in [3.05, 3.63) is 29.3 Å². The zero-order valence-electron chi connectivity index (χ0n) is 10.0. The molecule has 2 amide bonds. The van der Waals surface area contributed by atoms with Crippen LogP contribution in [0.25, 0.3) is 0 Å². The molecule has 0 aliphatic carbocycles. The van der Waals surface area contributed by atoms with Gasteiger partial charge in [-0.2, -0.15) is 0 Å². The Labute approximate surface area is 100 Å². The smallest absolute Gasteiger partial charge is 0.251 e. The minimum Gasteiger partial charge on any atom is -0.352 e. The van der Waals surface area contributed by atoms with Gasteiger partial charge in [0, 0.05) is 17.8 Å². The Kier molecular flexibility index (Phi) is 3.13. The van der Waals surface area contributed by atoms with Gasteiger partial charge in [-0.3, -0.25) is 9.59 Å². The zero-order chi connectivity index (χ0) is 12.4. The van der Waals surface area contributed by atoms with Gasteiger partial charge in [-0.15, -0.1) is 0 Å². The normalized spacial score (nSPS) is 13.5. The molecule has 1 aliphatic rings. The standard InChI is InChI=1S/C13H16N2O2/c1-8(2)7-14-13(17)10-4-3-9-6-12(16)15-11(9)5-10/h3-5,8H,6-7H2,1-2H3,(H,14,17)(H,15,16). The fourth-order valence-electron chi connectivity index (χ4n) is 1.75. The van der Waals surface area contributed by atoms with Crippen LogP contribution in [0.5, 0.6) is 0 Å². The summed E-state index contributed by atoms with van der Waals surface area (Å²) in [5, 5.41) is 5.59. The third kappa shape index (κ3) is 2.64. The van der Waals surface area contributed by atoms with Gasteiger partial charge in [-0.25, -0.2) is 0 Å². The summed E-state index contributed by atoms with van der Waals surface area (Å²) in [6, 6.07) is 5.32. The van der Waals surface area contributed by atoms with E-state index in [2.05, 4.69) is 10.6 Å². The summed E-state index contributed by atoms with van der Waals surface area (Å²) in [6.45, 7) is 4.74. The van der Waals surface area contributed by atoms with Crippen molar-refractivity contribution >= 4 is 17.5 Å². The molecular weight excluding hydrogens is 216 g/mol. The highest BCUT2D eigenvalue weighted by Gasteiger charge is 2.18. The monoisotopic (exact) mass is 232 g/mol. The predicted octanol–water partition coefficient (Wildman–Crippen LogP) is 1.57. The minimum atomic E-state index is -0.0948. The number of hydrogen-bond donors (Lipinski definition) is 2. The number of rotatable bonds is 3. The molecule has 1 aliphatic heterocycles. The van der Waals surface area contributed by atoms with Crippen molar-refractivity contribution in [2.24, 2.45) is 5.92 Å². The lowest BCUT2D eigenvalue weighted by Gasteiger charge is -2.08. The molecule has 2 N–H and O–H groups in total. The van der Waals surface area contributed by atoms with Gasteiger partial charge in [0.1, 0.15) is 0 Å². The molecule has 0 fully saturated rings. The van der Waals surface area contributed by atoms with Crippen molar-refractivity contribution in [2.75, 3.05) is 11.9 Å². The second-order valence-electron chi connectivity index (χ2n) is 4.70. The summed E-state index contributed by atoms with van der Waals surface area (Å²) >= 11 is 0. The van der Waals surface area contributed by atoms with Gasteiger partial charge >= 0.3 is 0 Å². The first-order valence-corrected chi connectivity index (χ1v) is 5.77. The van der Waals surface area contributed by atoms with Gasteiger partial charge in [-0.1, -0.05) is 19.9 Å². The van der Waals surface area contributed by atoms with Crippen LogP contribution in [0.1, 0.15) is 29.8 Å². The third-order valence-electron chi connectivity index (χ3n) is 2.67. The molecule has 0 spiro atoms. The highest BCUT2D eigenvalue weighted by Crippen LogP contribution is 2.23. The van der Waals surface area contributed by atoms with E-state index in [1.807, 2.05) is 19.9 Å². The summed E-state index contributed by atoms with van der Waals surface area (Å²) < 4.78 is 0. The second kappa shape index (κ2) is 4.57. The molecular formula is C13H16N2O2. The first-order chi connectivity index (χ1) is 8.06. The van der Waals surface area contributed by atoms with Crippen LogP contribution >= 0.6 is 0 Å². The molecule has 1 heterocycles. The number of fused-ring (bicyclic) bond motifs is 1. The van der Waals surface area contributed by atoms with E-state index >= 15 is 0 Å². The zero-order valence-corrected chi connectivity index (χ0v) is 10.0. The predicted molar refractivity (Wildman–Crippen MR) is 65.9 cm³/mol. The van der Waals surface area contributed by atoms with Gasteiger partial charge in [0.05, 0.1) is 6.42 Å². The lowest BCUT2D eigenvalue weighted by molar-refractivity contribution is -0.115. The minimum absolute atomic E-state index is 0.0141. The summed E-state index contributed by atoms with van der Waals surface area (Å²) in [7, 11) is 0. The van der Waals surface area contributed by atoms with Gasteiger partial charge in [-0.05, 0) is 23.6 Å². The van der Waals surface area contributed by atoms with Crippen molar-refractivity contribution in [1.29, 1.82) is 0 Å². The molecule has 4 nitrogen and oxygen atoms in total. The Morgan fingerprint density at radius 1 is 1.47 bits per heavy atom. The molecule has 0 unspecified atom stereocenters. The maximum atomic E-state index is 11.8. The van der Waals surface area contributed by atoms with Crippen LogP contribution < -0.4 is 10.6 Å². The molecule has 0 atom stereocenters. The Hall–Kier alpha value is -1.84. The fourth-order valence-corrected chi connectivity index (χ4v) is 1.75. The van der Waals surface area contributed by atoms with Gasteiger partial charge in [0.15, 0.2) is 0 Å². The Balaban J connectivity index is 2.10. The van der Waals surface area contributed by atoms with E-state index in [1.165, 1.54) is 0 Å². The van der Waals surface area contributed by atoms with E-state index in [9.17, 15) is 9.59 Å². The highest BCUT2D eigenvalue weighted by atomic mass is 16.2. The number of nitrogens with one attached hydrogen (secondary N) is 2. The van der Waals surface area contributed by atoms with Crippen LogP contribution in [-0.2, 0) is 11.2 Å². The van der Waals surface area contributed by atoms with Gasteiger partial charge in [0.2, 0.25) is 5.91 Å². The van der Waals surface area contributed by atoms with Crippen molar-refractivity contribution < 1.29 is 9.59 Å². The fraction of sp³-hybridized carbons (Fsp3) is 0.385. The average molecular weight is 232 g/mol. The third-order valence-corrected chi connectivity index (χ3v) is 2.67. The van der Waals surface area contributed by atoms with E-state index in [0.29, 0.717) is 24.4 Å². The van der Waals surface area contributed by atoms with Crippen LogP contribution in [0.15, 0.2) is 18.2 Å². The number of amides is 2. The molecule has 4 heteroatoms. The molecule has 0 bridgehead atoms. The second-order valence-corrected chi connectivity index (χ2v) is 4.70.